The Hall–Kier alpha value is -3.35. The first-order chi connectivity index (χ1) is 16.9. The van der Waals surface area contributed by atoms with Crippen molar-refractivity contribution in [2.45, 2.75) is 42.1 Å². The standard InChI is InChI=1S/C23H19F6N3O3S/c24-15-3-7-17(8-4-15)36(34,35)19-10-9-18(19)22(33)30-11-13-12-32(31-20(13)21(25)26)16-5-1-14(2-6-16)23(27,28)29/h1-8,12,18-19,21H,9-11H2,(H,30,33)/t18-,19-/m1/s1. The molecule has 0 spiro atoms. The monoisotopic (exact) mass is 531 g/mol. The predicted molar refractivity (Wildman–Crippen MR) is 115 cm³/mol. The summed E-state index contributed by atoms with van der Waals surface area (Å²) in [6, 6.07) is 7.96. The van der Waals surface area contributed by atoms with Gasteiger partial charge in [0.15, 0.2) is 9.84 Å². The summed E-state index contributed by atoms with van der Waals surface area (Å²) >= 11 is 0. The maximum atomic E-state index is 13.5. The van der Waals surface area contributed by atoms with Crippen LogP contribution in [-0.4, -0.2) is 29.4 Å². The largest absolute Gasteiger partial charge is 0.416 e. The summed E-state index contributed by atoms with van der Waals surface area (Å²) in [5.41, 5.74) is -1.55. The van der Waals surface area contributed by atoms with Crippen molar-refractivity contribution in [3.63, 3.8) is 0 Å². The average Bonchev–Trinajstić information content (AvgIpc) is 3.21. The molecule has 0 bridgehead atoms. The van der Waals surface area contributed by atoms with Gasteiger partial charge < -0.3 is 5.32 Å². The summed E-state index contributed by atoms with van der Waals surface area (Å²) in [6.07, 6.45) is -5.94. The van der Waals surface area contributed by atoms with Gasteiger partial charge in [0.1, 0.15) is 11.5 Å². The molecule has 0 radical (unpaired) electrons. The van der Waals surface area contributed by atoms with Crippen LogP contribution in [-0.2, 0) is 27.4 Å². The molecule has 36 heavy (non-hydrogen) atoms. The molecule has 1 saturated carbocycles. The van der Waals surface area contributed by atoms with Crippen LogP contribution in [0.25, 0.3) is 5.69 Å². The summed E-state index contributed by atoms with van der Waals surface area (Å²) in [4.78, 5) is 12.6. The van der Waals surface area contributed by atoms with Crippen LogP contribution in [0.2, 0.25) is 0 Å². The Morgan fingerprint density at radius 1 is 1.06 bits per heavy atom. The summed E-state index contributed by atoms with van der Waals surface area (Å²) < 4.78 is 105. The fourth-order valence-electron chi connectivity index (χ4n) is 3.93. The minimum atomic E-state index is -4.56. The zero-order chi connectivity index (χ0) is 26.3. The second kappa shape index (κ2) is 9.60. The molecule has 1 amide bonds. The van der Waals surface area contributed by atoms with E-state index in [2.05, 4.69) is 10.4 Å². The molecule has 3 aromatic rings. The van der Waals surface area contributed by atoms with E-state index < -0.39 is 56.6 Å². The van der Waals surface area contributed by atoms with E-state index in [0.717, 1.165) is 59.4 Å². The van der Waals surface area contributed by atoms with Gasteiger partial charge in [0, 0.05) is 18.3 Å². The van der Waals surface area contributed by atoms with Crippen molar-refractivity contribution in [2.24, 2.45) is 5.92 Å². The molecule has 1 aromatic heterocycles. The third kappa shape index (κ3) is 5.11. The number of sulfone groups is 1. The van der Waals surface area contributed by atoms with Crippen molar-refractivity contribution in [3.8, 4) is 5.69 Å². The van der Waals surface area contributed by atoms with Gasteiger partial charge in [0.2, 0.25) is 5.91 Å². The zero-order valence-corrected chi connectivity index (χ0v) is 19.2. The van der Waals surface area contributed by atoms with Gasteiger partial charge in [-0.1, -0.05) is 0 Å². The van der Waals surface area contributed by atoms with Crippen molar-refractivity contribution in [1.29, 1.82) is 0 Å². The lowest BCUT2D eigenvalue weighted by Crippen LogP contribution is -2.47. The Kier molecular flexibility index (Phi) is 6.86. The van der Waals surface area contributed by atoms with E-state index in [1.165, 1.54) is 0 Å². The number of aromatic nitrogens is 2. The number of nitrogens with one attached hydrogen (secondary N) is 1. The van der Waals surface area contributed by atoms with Crippen molar-refractivity contribution in [3.05, 3.63) is 77.4 Å². The van der Waals surface area contributed by atoms with Gasteiger partial charge in [-0.3, -0.25) is 4.79 Å². The van der Waals surface area contributed by atoms with E-state index in [1.807, 2.05) is 0 Å². The van der Waals surface area contributed by atoms with Crippen LogP contribution >= 0.6 is 0 Å². The Bertz CT molecular complexity index is 1350. The predicted octanol–water partition coefficient (Wildman–Crippen LogP) is 4.84. The van der Waals surface area contributed by atoms with Gasteiger partial charge in [-0.25, -0.2) is 26.3 Å². The molecule has 0 saturated heterocycles. The molecule has 4 rings (SSSR count). The third-order valence-corrected chi connectivity index (χ3v) is 8.32. The van der Waals surface area contributed by atoms with Crippen LogP contribution in [0.5, 0.6) is 0 Å². The van der Waals surface area contributed by atoms with Crippen LogP contribution in [0.4, 0.5) is 26.3 Å². The minimum absolute atomic E-state index is 0.0736. The molecular formula is C23H19F6N3O3S. The van der Waals surface area contributed by atoms with E-state index in [1.54, 1.807) is 0 Å². The lowest BCUT2D eigenvalue weighted by molar-refractivity contribution is -0.137. The number of amides is 1. The number of nitrogens with zero attached hydrogens (tertiary/aromatic N) is 2. The number of alkyl halides is 5. The highest BCUT2D eigenvalue weighted by Gasteiger charge is 2.45. The van der Waals surface area contributed by atoms with E-state index >= 15 is 0 Å². The van der Waals surface area contributed by atoms with Crippen molar-refractivity contribution in [2.75, 3.05) is 0 Å². The first-order valence-electron chi connectivity index (χ1n) is 10.7. The van der Waals surface area contributed by atoms with E-state index in [-0.39, 0.29) is 35.5 Å². The Morgan fingerprint density at radius 3 is 2.22 bits per heavy atom. The minimum Gasteiger partial charge on any atom is -0.352 e. The smallest absolute Gasteiger partial charge is 0.352 e. The maximum absolute atomic E-state index is 13.5. The molecule has 2 aromatic carbocycles. The highest BCUT2D eigenvalue weighted by molar-refractivity contribution is 7.92. The van der Waals surface area contributed by atoms with Gasteiger partial charge >= 0.3 is 6.18 Å². The lowest BCUT2D eigenvalue weighted by atomic mass is 9.84. The molecule has 1 heterocycles. The molecule has 1 aliphatic carbocycles. The highest BCUT2D eigenvalue weighted by atomic mass is 32.2. The first kappa shape index (κ1) is 25.7. The van der Waals surface area contributed by atoms with E-state index in [4.69, 9.17) is 0 Å². The Labute approximate surface area is 201 Å². The van der Waals surface area contributed by atoms with Crippen LogP contribution in [0.1, 0.15) is 36.1 Å². The zero-order valence-electron chi connectivity index (χ0n) is 18.3. The van der Waals surface area contributed by atoms with Crippen LogP contribution in [0.3, 0.4) is 0 Å². The number of hydrogen-bond donors (Lipinski definition) is 1. The number of rotatable bonds is 7. The molecular weight excluding hydrogens is 512 g/mol. The van der Waals surface area contributed by atoms with Crippen LogP contribution < -0.4 is 5.32 Å². The van der Waals surface area contributed by atoms with Crippen molar-refractivity contribution in [1.82, 2.24) is 15.1 Å². The fourth-order valence-corrected chi connectivity index (χ4v) is 5.94. The molecule has 0 aliphatic heterocycles. The van der Waals surface area contributed by atoms with Crippen LogP contribution in [0.15, 0.2) is 59.6 Å². The van der Waals surface area contributed by atoms with E-state index in [9.17, 15) is 39.6 Å². The maximum Gasteiger partial charge on any atom is 0.416 e. The highest BCUT2D eigenvalue weighted by Crippen LogP contribution is 2.37. The lowest BCUT2D eigenvalue weighted by Gasteiger charge is -2.34. The third-order valence-electron chi connectivity index (χ3n) is 6.03. The van der Waals surface area contributed by atoms with Crippen LogP contribution in [0, 0.1) is 11.7 Å². The number of hydrogen-bond acceptors (Lipinski definition) is 4. The number of carbonyl (C=O) groups is 1. The molecule has 2 atom stereocenters. The number of carbonyl (C=O) groups excluding carboxylic acids is 1. The summed E-state index contributed by atoms with van der Waals surface area (Å²) in [5, 5.41) is 5.16. The summed E-state index contributed by atoms with van der Waals surface area (Å²) in [5.74, 6) is -2.18. The van der Waals surface area contributed by atoms with Gasteiger partial charge in [0.25, 0.3) is 6.43 Å². The van der Waals surface area contributed by atoms with Crippen molar-refractivity contribution < 1.29 is 39.6 Å². The van der Waals surface area contributed by atoms with Gasteiger partial charge in [-0.2, -0.15) is 18.3 Å². The number of halogens is 6. The van der Waals surface area contributed by atoms with Gasteiger partial charge in [-0.05, 0) is 61.4 Å². The number of benzene rings is 2. The molecule has 192 valence electrons. The molecule has 1 aliphatic rings. The Balaban J connectivity index is 1.47. The molecule has 0 unspecified atom stereocenters. The average molecular weight is 531 g/mol. The van der Waals surface area contributed by atoms with Gasteiger partial charge in [0.05, 0.1) is 27.3 Å². The second-order valence-corrected chi connectivity index (χ2v) is 10.4. The summed E-state index contributed by atoms with van der Waals surface area (Å²) in [7, 11) is -3.91. The Morgan fingerprint density at radius 2 is 1.69 bits per heavy atom. The fraction of sp³-hybridized carbons (Fsp3) is 0.304. The van der Waals surface area contributed by atoms with E-state index in [0.29, 0.717) is 0 Å². The first-order valence-corrected chi connectivity index (χ1v) is 12.2. The van der Waals surface area contributed by atoms with Gasteiger partial charge in [-0.15, -0.1) is 0 Å². The molecule has 1 fully saturated rings. The summed E-state index contributed by atoms with van der Waals surface area (Å²) in [6.45, 7) is -0.390. The quantitative estimate of drug-likeness (QED) is 0.350. The SMILES string of the molecule is O=C(NCc1cn(-c2ccc(C(F)(F)F)cc2)nc1C(F)F)[C@@H]1CC[C@H]1S(=O)(=O)c1ccc(F)cc1. The second-order valence-electron chi connectivity index (χ2n) is 8.27. The molecule has 6 nitrogen and oxygen atoms in total. The topological polar surface area (TPSA) is 81.1 Å². The molecule has 13 heteroatoms. The van der Waals surface area contributed by atoms with Crippen molar-refractivity contribution >= 4 is 15.7 Å². The normalized spacial score (nSPS) is 18.2. The molecule has 1 N–H and O–H groups in total.